The minimum atomic E-state index is -0.0215. The molecule has 2 aliphatic rings. The van der Waals surface area contributed by atoms with Gasteiger partial charge in [0.2, 0.25) is 5.91 Å². The SMILES string of the molecule is Cc1cc(C(=O)N2CCC3(CC2)CC(=O)N(CC(C)C)C3)nc(C)n1. The third-order valence-electron chi connectivity index (χ3n) is 5.29. The zero-order valence-corrected chi connectivity index (χ0v) is 15.7. The van der Waals surface area contributed by atoms with Crippen molar-refractivity contribution in [1.82, 2.24) is 19.8 Å². The molecule has 25 heavy (non-hydrogen) atoms. The third-order valence-corrected chi connectivity index (χ3v) is 5.29. The van der Waals surface area contributed by atoms with Gasteiger partial charge >= 0.3 is 0 Å². The summed E-state index contributed by atoms with van der Waals surface area (Å²) in [5.41, 5.74) is 1.35. The Hall–Kier alpha value is -1.98. The first-order chi connectivity index (χ1) is 11.8. The van der Waals surface area contributed by atoms with Crippen molar-refractivity contribution < 1.29 is 9.59 Å². The molecule has 0 bridgehead atoms. The Labute approximate surface area is 149 Å². The van der Waals surface area contributed by atoms with Crippen molar-refractivity contribution in [1.29, 1.82) is 0 Å². The van der Waals surface area contributed by atoms with Crippen LogP contribution in [-0.2, 0) is 4.79 Å². The molecule has 0 saturated carbocycles. The average molecular weight is 344 g/mol. The number of piperidine rings is 1. The van der Waals surface area contributed by atoms with Crippen LogP contribution in [0.4, 0.5) is 0 Å². The second-order valence-corrected chi connectivity index (χ2v) is 8.08. The van der Waals surface area contributed by atoms with Crippen molar-refractivity contribution >= 4 is 11.8 Å². The Morgan fingerprint density at radius 3 is 2.52 bits per heavy atom. The van der Waals surface area contributed by atoms with Crippen LogP contribution in [0.15, 0.2) is 6.07 Å². The molecule has 3 rings (SSSR count). The zero-order valence-electron chi connectivity index (χ0n) is 15.7. The van der Waals surface area contributed by atoms with Gasteiger partial charge in [0.1, 0.15) is 11.5 Å². The molecule has 2 amide bonds. The maximum Gasteiger partial charge on any atom is 0.272 e. The van der Waals surface area contributed by atoms with Gasteiger partial charge in [0.25, 0.3) is 5.91 Å². The Morgan fingerprint density at radius 2 is 1.92 bits per heavy atom. The normalized spacial score (nSPS) is 20.0. The number of rotatable bonds is 3. The van der Waals surface area contributed by atoms with Crippen molar-refractivity contribution in [3.8, 4) is 0 Å². The Kier molecular flexibility index (Phi) is 4.80. The van der Waals surface area contributed by atoms with E-state index in [-0.39, 0.29) is 17.2 Å². The summed E-state index contributed by atoms with van der Waals surface area (Å²) in [6.45, 7) is 11.1. The van der Waals surface area contributed by atoms with E-state index in [1.54, 1.807) is 6.07 Å². The molecule has 3 heterocycles. The molecule has 0 N–H and O–H groups in total. The van der Waals surface area contributed by atoms with Crippen molar-refractivity contribution in [2.24, 2.45) is 11.3 Å². The first-order valence-corrected chi connectivity index (χ1v) is 9.17. The lowest BCUT2D eigenvalue weighted by Crippen LogP contribution is -2.44. The quantitative estimate of drug-likeness (QED) is 0.843. The lowest BCUT2D eigenvalue weighted by molar-refractivity contribution is -0.128. The monoisotopic (exact) mass is 344 g/mol. The van der Waals surface area contributed by atoms with Crippen LogP contribution in [0, 0.1) is 25.2 Å². The van der Waals surface area contributed by atoms with Gasteiger partial charge in [-0.1, -0.05) is 13.8 Å². The first-order valence-electron chi connectivity index (χ1n) is 9.17. The average Bonchev–Trinajstić information content (AvgIpc) is 2.81. The molecule has 2 fully saturated rings. The zero-order chi connectivity index (χ0) is 18.2. The summed E-state index contributed by atoms with van der Waals surface area (Å²) >= 11 is 0. The van der Waals surface area contributed by atoms with Gasteiger partial charge < -0.3 is 9.80 Å². The van der Waals surface area contributed by atoms with E-state index in [1.807, 2.05) is 23.6 Å². The van der Waals surface area contributed by atoms with E-state index in [1.165, 1.54) is 0 Å². The van der Waals surface area contributed by atoms with E-state index in [0.717, 1.165) is 31.6 Å². The molecular formula is C19H28N4O2. The summed E-state index contributed by atoms with van der Waals surface area (Å²) in [6, 6.07) is 1.75. The van der Waals surface area contributed by atoms with Crippen LogP contribution in [0.2, 0.25) is 0 Å². The van der Waals surface area contributed by atoms with E-state index < -0.39 is 0 Å². The highest BCUT2D eigenvalue weighted by Crippen LogP contribution is 2.41. The molecule has 1 aromatic heterocycles. The van der Waals surface area contributed by atoms with Gasteiger partial charge in [-0.2, -0.15) is 0 Å². The fourth-order valence-electron chi connectivity index (χ4n) is 4.10. The number of amides is 2. The summed E-state index contributed by atoms with van der Waals surface area (Å²) in [7, 11) is 0. The summed E-state index contributed by atoms with van der Waals surface area (Å²) in [6.07, 6.45) is 2.41. The van der Waals surface area contributed by atoms with Gasteiger partial charge in [0.05, 0.1) is 0 Å². The van der Waals surface area contributed by atoms with E-state index in [9.17, 15) is 9.59 Å². The maximum absolute atomic E-state index is 12.7. The van der Waals surface area contributed by atoms with Crippen LogP contribution in [-0.4, -0.2) is 57.8 Å². The Balaban J connectivity index is 1.64. The predicted octanol–water partition coefficient (Wildman–Crippen LogP) is 2.20. The van der Waals surface area contributed by atoms with Crippen molar-refractivity contribution in [2.75, 3.05) is 26.2 Å². The molecule has 136 valence electrons. The maximum atomic E-state index is 12.7. The summed E-state index contributed by atoms with van der Waals surface area (Å²) < 4.78 is 0. The van der Waals surface area contributed by atoms with E-state index >= 15 is 0 Å². The van der Waals surface area contributed by atoms with Crippen molar-refractivity contribution in [3.63, 3.8) is 0 Å². The van der Waals surface area contributed by atoms with Gasteiger partial charge in [0, 0.05) is 43.7 Å². The molecule has 2 aliphatic heterocycles. The van der Waals surface area contributed by atoms with Gasteiger partial charge in [-0.3, -0.25) is 9.59 Å². The van der Waals surface area contributed by atoms with Gasteiger partial charge in [-0.15, -0.1) is 0 Å². The number of carbonyl (C=O) groups is 2. The van der Waals surface area contributed by atoms with Crippen LogP contribution in [0.25, 0.3) is 0 Å². The van der Waals surface area contributed by atoms with E-state index in [0.29, 0.717) is 36.9 Å². The number of hydrogen-bond acceptors (Lipinski definition) is 4. The van der Waals surface area contributed by atoms with Crippen LogP contribution in [0.3, 0.4) is 0 Å². The highest BCUT2D eigenvalue weighted by atomic mass is 16.2. The minimum absolute atomic E-state index is 0.0215. The molecule has 0 radical (unpaired) electrons. The molecule has 0 aromatic carbocycles. The lowest BCUT2D eigenvalue weighted by Gasteiger charge is -2.38. The fraction of sp³-hybridized carbons (Fsp3) is 0.684. The van der Waals surface area contributed by atoms with E-state index in [4.69, 9.17) is 0 Å². The van der Waals surface area contributed by atoms with Gasteiger partial charge in [-0.25, -0.2) is 9.97 Å². The number of aromatic nitrogens is 2. The molecule has 0 aliphatic carbocycles. The van der Waals surface area contributed by atoms with Crippen LogP contribution >= 0.6 is 0 Å². The number of hydrogen-bond donors (Lipinski definition) is 0. The Morgan fingerprint density at radius 1 is 1.24 bits per heavy atom. The largest absolute Gasteiger partial charge is 0.342 e. The van der Waals surface area contributed by atoms with E-state index in [2.05, 4.69) is 23.8 Å². The second kappa shape index (κ2) is 6.73. The molecule has 6 nitrogen and oxygen atoms in total. The van der Waals surface area contributed by atoms with Crippen LogP contribution in [0.1, 0.15) is 55.1 Å². The standard InChI is InChI=1S/C19H28N4O2/c1-13(2)11-23-12-19(10-17(23)24)5-7-22(8-6-19)18(25)16-9-14(3)20-15(4)21-16/h9,13H,5-8,10-12H2,1-4H3. The molecule has 0 atom stereocenters. The topological polar surface area (TPSA) is 66.4 Å². The predicted molar refractivity (Wildman–Crippen MR) is 95.1 cm³/mol. The number of aryl methyl sites for hydroxylation is 2. The molecule has 2 saturated heterocycles. The summed E-state index contributed by atoms with van der Waals surface area (Å²) in [5, 5.41) is 0. The number of carbonyl (C=O) groups excluding carboxylic acids is 2. The summed E-state index contributed by atoms with van der Waals surface area (Å²) in [5.74, 6) is 1.37. The van der Waals surface area contributed by atoms with Crippen molar-refractivity contribution in [2.45, 2.75) is 47.0 Å². The molecule has 6 heteroatoms. The number of likely N-dealkylation sites (tertiary alicyclic amines) is 2. The molecule has 1 spiro atoms. The number of nitrogens with zero attached hydrogens (tertiary/aromatic N) is 4. The van der Waals surface area contributed by atoms with Crippen LogP contribution < -0.4 is 0 Å². The minimum Gasteiger partial charge on any atom is -0.342 e. The first kappa shape index (κ1) is 17.8. The van der Waals surface area contributed by atoms with Crippen LogP contribution in [0.5, 0.6) is 0 Å². The second-order valence-electron chi connectivity index (χ2n) is 8.08. The summed E-state index contributed by atoms with van der Waals surface area (Å²) in [4.78, 5) is 37.5. The van der Waals surface area contributed by atoms with Crippen molar-refractivity contribution in [3.05, 3.63) is 23.3 Å². The molecule has 1 aromatic rings. The van der Waals surface area contributed by atoms with Gasteiger partial charge in [-0.05, 0) is 38.7 Å². The highest BCUT2D eigenvalue weighted by Gasteiger charge is 2.45. The smallest absolute Gasteiger partial charge is 0.272 e. The van der Waals surface area contributed by atoms with Gasteiger partial charge in [0.15, 0.2) is 0 Å². The Bertz CT molecular complexity index is 658. The molecule has 0 unspecified atom stereocenters. The molecular weight excluding hydrogens is 316 g/mol. The lowest BCUT2D eigenvalue weighted by atomic mass is 9.77. The fourth-order valence-corrected chi connectivity index (χ4v) is 4.10. The highest BCUT2D eigenvalue weighted by molar-refractivity contribution is 5.92. The third kappa shape index (κ3) is 3.83.